The molecular formula is C22H18Cl2N4O4S2. The van der Waals surface area contributed by atoms with Gasteiger partial charge in [-0.1, -0.05) is 65.7 Å². The highest BCUT2D eigenvalue weighted by molar-refractivity contribution is 7.92. The Labute approximate surface area is 207 Å². The molecule has 0 amide bonds. The predicted octanol–water partition coefficient (Wildman–Crippen LogP) is 4.83. The fourth-order valence-electron chi connectivity index (χ4n) is 3.22. The highest BCUT2D eigenvalue weighted by Crippen LogP contribution is 2.38. The van der Waals surface area contributed by atoms with Gasteiger partial charge in [0.25, 0.3) is 10.0 Å². The number of rotatable bonds is 7. The Bertz CT molecular complexity index is 1540. The van der Waals surface area contributed by atoms with Gasteiger partial charge in [-0.2, -0.15) is 18.0 Å². The SMILES string of the molecule is CS(=O)(=O)Nc1c(-c2ccc(Cl)cc2)nn(NS(=O)(=O)c2ccccc2)c1-c1ccc(Cl)cc1. The average molecular weight is 537 g/mol. The lowest BCUT2D eigenvalue weighted by Crippen LogP contribution is -2.25. The normalized spacial score (nSPS) is 11.9. The van der Waals surface area contributed by atoms with Crippen LogP contribution in [0.5, 0.6) is 0 Å². The second kappa shape index (κ2) is 9.30. The second-order valence-corrected chi connectivity index (χ2v) is 11.6. The largest absolute Gasteiger partial charge is 0.279 e. The van der Waals surface area contributed by atoms with Gasteiger partial charge in [0, 0.05) is 21.2 Å². The van der Waals surface area contributed by atoms with Gasteiger partial charge >= 0.3 is 0 Å². The molecule has 0 saturated heterocycles. The first-order valence-electron chi connectivity index (χ1n) is 9.74. The van der Waals surface area contributed by atoms with Crippen molar-refractivity contribution >= 4 is 48.9 Å². The van der Waals surface area contributed by atoms with Crippen LogP contribution in [0.15, 0.2) is 83.8 Å². The van der Waals surface area contributed by atoms with Crippen molar-refractivity contribution in [2.75, 3.05) is 15.8 Å². The standard InChI is InChI=1S/C22H18Cl2N4O4S2/c1-33(29,30)26-21-20(15-7-11-17(23)12-8-15)25-28(22(21)16-9-13-18(24)14-10-16)27-34(31,32)19-5-3-2-4-6-19/h2-14,26-27H,1H3. The van der Waals surface area contributed by atoms with Crippen LogP contribution in [-0.2, 0) is 20.0 Å². The first-order chi connectivity index (χ1) is 16.0. The summed E-state index contributed by atoms with van der Waals surface area (Å²) in [7, 11) is -7.83. The van der Waals surface area contributed by atoms with Crippen molar-refractivity contribution in [3.8, 4) is 22.5 Å². The summed E-state index contributed by atoms with van der Waals surface area (Å²) in [5.41, 5.74) is 1.44. The molecule has 4 aromatic rings. The maximum absolute atomic E-state index is 13.1. The lowest BCUT2D eigenvalue weighted by molar-refractivity contribution is 0.592. The summed E-state index contributed by atoms with van der Waals surface area (Å²) in [6.45, 7) is 0. The molecule has 12 heteroatoms. The second-order valence-electron chi connectivity index (χ2n) is 7.28. The minimum atomic E-state index is -4.06. The number of aromatic nitrogens is 2. The first kappa shape index (κ1) is 24.1. The van der Waals surface area contributed by atoms with Crippen molar-refractivity contribution in [2.45, 2.75) is 4.90 Å². The van der Waals surface area contributed by atoms with Crippen LogP contribution in [0.3, 0.4) is 0 Å². The van der Waals surface area contributed by atoms with E-state index in [0.717, 1.165) is 11.0 Å². The zero-order valence-electron chi connectivity index (χ0n) is 17.6. The molecule has 176 valence electrons. The van der Waals surface area contributed by atoms with Crippen molar-refractivity contribution in [3.05, 3.63) is 88.9 Å². The molecule has 4 rings (SSSR count). The maximum Gasteiger partial charge on any atom is 0.276 e. The van der Waals surface area contributed by atoms with Crippen molar-refractivity contribution in [3.63, 3.8) is 0 Å². The van der Waals surface area contributed by atoms with Crippen LogP contribution < -0.4 is 9.55 Å². The first-order valence-corrected chi connectivity index (χ1v) is 13.9. The molecule has 0 aliphatic heterocycles. The van der Waals surface area contributed by atoms with E-state index in [-0.39, 0.29) is 22.0 Å². The van der Waals surface area contributed by atoms with Crippen molar-refractivity contribution in [1.29, 1.82) is 0 Å². The molecule has 3 aromatic carbocycles. The number of hydrogen-bond acceptors (Lipinski definition) is 5. The van der Waals surface area contributed by atoms with E-state index in [4.69, 9.17) is 23.2 Å². The van der Waals surface area contributed by atoms with Crippen LogP contribution in [0.2, 0.25) is 10.0 Å². The molecule has 8 nitrogen and oxygen atoms in total. The number of nitrogens with one attached hydrogen (secondary N) is 2. The van der Waals surface area contributed by atoms with E-state index in [1.54, 1.807) is 66.7 Å². The van der Waals surface area contributed by atoms with Gasteiger partial charge in [0.2, 0.25) is 10.0 Å². The van der Waals surface area contributed by atoms with Crippen molar-refractivity contribution < 1.29 is 16.8 Å². The Morgan fingerprint density at radius 2 is 1.29 bits per heavy atom. The molecule has 34 heavy (non-hydrogen) atoms. The molecule has 0 atom stereocenters. The molecule has 0 aliphatic rings. The van der Waals surface area contributed by atoms with E-state index in [1.807, 2.05) is 0 Å². The van der Waals surface area contributed by atoms with Gasteiger partial charge in [0.15, 0.2) is 0 Å². The quantitative estimate of drug-likeness (QED) is 0.351. The van der Waals surface area contributed by atoms with Gasteiger partial charge in [0.1, 0.15) is 17.1 Å². The van der Waals surface area contributed by atoms with E-state index in [0.29, 0.717) is 21.2 Å². The van der Waals surface area contributed by atoms with Crippen molar-refractivity contribution in [2.24, 2.45) is 0 Å². The van der Waals surface area contributed by atoms with E-state index in [2.05, 4.69) is 14.7 Å². The van der Waals surface area contributed by atoms with Crippen LogP contribution >= 0.6 is 23.2 Å². The molecule has 0 unspecified atom stereocenters. The summed E-state index contributed by atoms with van der Waals surface area (Å²) in [6, 6.07) is 20.8. The fourth-order valence-corrected chi connectivity index (χ4v) is 5.01. The molecule has 0 fully saturated rings. The Hall–Kier alpha value is -3.05. The highest BCUT2D eigenvalue weighted by Gasteiger charge is 2.26. The highest BCUT2D eigenvalue weighted by atomic mass is 35.5. The predicted molar refractivity (Wildman–Crippen MR) is 135 cm³/mol. The van der Waals surface area contributed by atoms with Gasteiger partial charge in [-0.05, 0) is 36.4 Å². The molecular weight excluding hydrogens is 519 g/mol. The van der Waals surface area contributed by atoms with Crippen LogP contribution in [-0.4, -0.2) is 33.0 Å². The third kappa shape index (κ3) is 5.36. The van der Waals surface area contributed by atoms with E-state index >= 15 is 0 Å². The van der Waals surface area contributed by atoms with Crippen LogP contribution in [0.1, 0.15) is 0 Å². The van der Waals surface area contributed by atoms with Gasteiger partial charge in [0.05, 0.1) is 11.2 Å². The molecule has 0 saturated carbocycles. The van der Waals surface area contributed by atoms with Gasteiger partial charge in [-0.25, -0.2) is 8.42 Å². The zero-order valence-corrected chi connectivity index (χ0v) is 20.8. The summed E-state index contributed by atoms with van der Waals surface area (Å²) in [5.74, 6) is 0. The maximum atomic E-state index is 13.1. The van der Waals surface area contributed by atoms with Crippen LogP contribution in [0.25, 0.3) is 22.5 Å². The topological polar surface area (TPSA) is 110 Å². The number of benzene rings is 3. The molecule has 0 bridgehead atoms. The molecule has 1 heterocycles. The van der Waals surface area contributed by atoms with E-state index in [9.17, 15) is 16.8 Å². The fraction of sp³-hybridized carbons (Fsp3) is 0.0455. The lowest BCUT2D eigenvalue weighted by atomic mass is 10.1. The molecule has 0 radical (unpaired) electrons. The summed E-state index contributed by atoms with van der Waals surface area (Å²) in [5, 5.41) is 5.36. The third-order valence-electron chi connectivity index (χ3n) is 4.67. The molecule has 0 aliphatic carbocycles. The number of nitrogens with zero attached hydrogens (tertiary/aromatic N) is 2. The Morgan fingerprint density at radius 3 is 1.82 bits per heavy atom. The van der Waals surface area contributed by atoms with E-state index < -0.39 is 20.0 Å². The number of anilines is 1. The summed E-state index contributed by atoms with van der Waals surface area (Å²) < 4.78 is 53.2. The van der Waals surface area contributed by atoms with E-state index in [1.165, 1.54) is 12.1 Å². The smallest absolute Gasteiger partial charge is 0.276 e. The minimum Gasteiger partial charge on any atom is -0.279 e. The Kier molecular flexibility index (Phi) is 6.59. The van der Waals surface area contributed by atoms with Crippen molar-refractivity contribution in [1.82, 2.24) is 9.89 Å². The molecule has 0 spiro atoms. The van der Waals surface area contributed by atoms with Crippen LogP contribution in [0, 0.1) is 0 Å². The number of sulfonamides is 2. The Morgan fingerprint density at radius 1 is 0.765 bits per heavy atom. The third-order valence-corrected chi connectivity index (χ3v) is 7.05. The molecule has 1 aromatic heterocycles. The summed E-state index contributed by atoms with van der Waals surface area (Å²) >= 11 is 12.0. The van der Waals surface area contributed by atoms with Gasteiger partial charge < -0.3 is 0 Å². The summed E-state index contributed by atoms with van der Waals surface area (Å²) in [6.07, 6.45) is 0.996. The summed E-state index contributed by atoms with van der Waals surface area (Å²) in [4.78, 5) is 3.47. The average Bonchev–Trinajstić information content (AvgIpc) is 3.11. The number of halogens is 2. The van der Waals surface area contributed by atoms with Crippen LogP contribution in [0.4, 0.5) is 5.69 Å². The Balaban J connectivity index is 1.98. The van der Waals surface area contributed by atoms with Gasteiger partial charge in [-0.3, -0.25) is 4.72 Å². The molecule has 2 N–H and O–H groups in total. The lowest BCUT2D eigenvalue weighted by Gasteiger charge is -2.13. The minimum absolute atomic E-state index is 0.0122. The zero-order chi connectivity index (χ0) is 24.5. The number of hydrogen-bond donors (Lipinski definition) is 2. The monoisotopic (exact) mass is 536 g/mol. The van der Waals surface area contributed by atoms with Gasteiger partial charge in [-0.15, -0.1) is 5.10 Å².